The maximum Gasteiger partial charge on any atom is 0.169 e. The lowest BCUT2D eigenvalue weighted by Gasteiger charge is -2.09. The highest BCUT2D eigenvalue weighted by atomic mass is 35.5. The summed E-state index contributed by atoms with van der Waals surface area (Å²) in [5.41, 5.74) is 1.96. The summed E-state index contributed by atoms with van der Waals surface area (Å²) in [4.78, 5) is 13.1. The van der Waals surface area contributed by atoms with Gasteiger partial charge in [-0.25, -0.2) is 0 Å². The van der Waals surface area contributed by atoms with Crippen molar-refractivity contribution in [2.45, 2.75) is 13.8 Å². The lowest BCUT2D eigenvalue weighted by molar-refractivity contribution is 0.102. The third kappa shape index (κ3) is 2.42. The van der Waals surface area contributed by atoms with Gasteiger partial charge in [-0.1, -0.05) is 11.6 Å². The van der Waals surface area contributed by atoms with Crippen LogP contribution in [0.4, 0.5) is 0 Å². The SMILES string of the molecule is COc1cc(Cl)c(C)cc1-c1ccc(C(C)=O)s1. The number of hydrogen-bond acceptors (Lipinski definition) is 3. The molecule has 0 atom stereocenters. The molecule has 1 aromatic carbocycles. The van der Waals surface area contributed by atoms with Gasteiger partial charge in [0.15, 0.2) is 5.78 Å². The van der Waals surface area contributed by atoms with Gasteiger partial charge in [-0.05, 0) is 43.7 Å². The fourth-order valence-corrected chi connectivity index (χ4v) is 2.77. The number of methoxy groups -OCH3 is 1. The standard InChI is InChI=1S/C14H13ClO2S/c1-8-6-10(12(17-3)7-11(8)15)14-5-4-13(18-14)9(2)16/h4-7H,1-3H3. The molecule has 0 aliphatic heterocycles. The molecule has 1 heterocycles. The minimum Gasteiger partial charge on any atom is -0.496 e. The van der Waals surface area contributed by atoms with E-state index < -0.39 is 0 Å². The van der Waals surface area contributed by atoms with Crippen LogP contribution >= 0.6 is 22.9 Å². The van der Waals surface area contributed by atoms with Gasteiger partial charge in [0.2, 0.25) is 0 Å². The Morgan fingerprint density at radius 2 is 2.06 bits per heavy atom. The number of carbonyl (C=O) groups excluding carboxylic acids is 1. The molecule has 0 fully saturated rings. The monoisotopic (exact) mass is 280 g/mol. The Labute approximate surface area is 115 Å². The molecular formula is C14H13ClO2S. The maximum atomic E-state index is 11.3. The average molecular weight is 281 g/mol. The molecule has 2 nitrogen and oxygen atoms in total. The Bertz CT molecular complexity index is 602. The minimum atomic E-state index is 0.0795. The topological polar surface area (TPSA) is 26.3 Å². The summed E-state index contributed by atoms with van der Waals surface area (Å²) >= 11 is 7.54. The maximum absolute atomic E-state index is 11.3. The van der Waals surface area contributed by atoms with Crippen LogP contribution in [0.2, 0.25) is 5.02 Å². The zero-order valence-electron chi connectivity index (χ0n) is 10.4. The predicted octanol–water partition coefficient (Wildman–Crippen LogP) is 4.59. The lowest BCUT2D eigenvalue weighted by atomic mass is 10.1. The van der Waals surface area contributed by atoms with E-state index in [0.29, 0.717) is 5.02 Å². The molecule has 0 aliphatic carbocycles. The van der Waals surface area contributed by atoms with E-state index in [1.54, 1.807) is 20.1 Å². The normalized spacial score (nSPS) is 10.4. The Morgan fingerprint density at radius 3 is 2.61 bits per heavy atom. The van der Waals surface area contributed by atoms with Crippen molar-refractivity contribution in [2.75, 3.05) is 7.11 Å². The van der Waals surface area contributed by atoms with E-state index in [9.17, 15) is 4.79 Å². The molecule has 2 rings (SSSR count). The molecule has 0 amide bonds. The van der Waals surface area contributed by atoms with Crippen LogP contribution in [-0.4, -0.2) is 12.9 Å². The van der Waals surface area contributed by atoms with Crippen LogP contribution in [0.3, 0.4) is 0 Å². The number of aryl methyl sites for hydroxylation is 1. The Kier molecular flexibility index (Phi) is 3.73. The summed E-state index contributed by atoms with van der Waals surface area (Å²) in [6.07, 6.45) is 0. The van der Waals surface area contributed by atoms with Gasteiger partial charge in [0.1, 0.15) is 5.75 Å². The number of ether oxygens (including phenoxy) is 1. The Hall–Kier alpha value is -1.32. The summed E-state index contributed by atoms with van der Waals surface area (Å²) in [6, 6.07) is 7.56. The molecular weight excluding hydrogens is 268 g/mol. The molecule has 0 unspecified atom stereocenters. The van der Waals surface area contributed by atoms with Gasteiger partial charge in [-0.2, -0.15) is 0 Å². The van der Waals surface area contributed by atoms with Crippen LogP contribution in [0.15, 0.2) is 24.3 Å². The van der Waals surface area contributed by atoms with Gasteiger partial charge < -0.3 is 4.74 Å². The number of halogens is 1. The van der Waals surface area contributed by atoms with Gasteiger partial charge in [-0.15, -0.1) is 11.3 Å². The zero-order chi connectivity index (χ0) is 13.3. The largest absolute Gasteiger partial charge is 0.496 e. The van der Waals surface area contributed by atoms with Gasteiger partial charge in [0, 0.05) is 15.5 Å². The third-order valence-electron chi connectivity index (χ3n) is 2.70. The molecule has 94 valence electrons. The molecule has 1 aromatic heterocycles. The highest BCUT2D eigenvalue weighted by molar-refractivity contribution is 7.17. The van der Waals surface area contributed by atoms with Crippen LogP contribution < -0.4 is 4.74 Å². The fourth-order valence-electron chi connectivity index (χ4n) is 1.70. The van der Waals surface area contributed by atoms with E-state index in [-0.39, 0.29) is 5.78 Å². The summed E-state index contributed by atoms with van der Waals surface area (Å²) < 4.78 is 5.34. The summed E-state index contributed by atoms with van der Waals surface area (Å²) in [5, 5.41) is 0.680. The van der Waals surface area contributed by atoms with Crippen molar-refractivity contribution < 1.29 is 9.53 Å². The number of hydrogen-bond donors (Lipinski definition) is 0. The van der Waals surface area contributed by atoms with Crippen LogP contribution in [0.25, 0.3) is 10.4 Å². The predicted molar refractivity (Wildman–Crippen MR) is 76.1 cm³/mol. The van der Waals surface area contributed by atoms with Crippen molar-refractivity contribution in [1.82, 2.24) is 0 Å². The van der Waals surface area contributed by atoms with Crippen LogP contribution in [-0.2, 0) is 0 Å². The van der Waals surface area contributed by atoms with Crippen molar-refractivity contribution in [3.8, 4) is 16.2 Å². The number of carbonyl (C=O) groups is 1. The second-order valence-corrected chi connectivity index (χ2v) is 5.51. The molecule has 0 spiro atoms. The molecule has 4 heteroatoms. The quantitative estimate of drug-likeness (QED) is 0.769. The van der Waals surface area contributed by atoms with E-state index in [0.717, 1.165) is 26.6 Å². The summed E-state index contributed by atoms with van der Waals surface area (Å²) in [6.45, 7) is 3.52. The summed E-state index contributed by atoms with van der Waals surface area (Å²) in [5.74, 6) is 0.804. The van der Waals surface area contributed by atoms with Gasteiger partial charge in [0.05, 0.1) is 12.0 Å². The Morgan fingerprint density at radius 1 is 1.33 bits per heavy atom. The van der Waals surface area contributed by atoms with Crippen molar-refractivity contribution in [3.05, 3.63) is 39.7 Å². The van der Waals surface area contributed by atoms with E-state index >= 15 is 0 Å². The molecule has 0 radical (unpaired) electrons. The second kappa shape index (κ2) is 5.12. The highest BCUT2D eigenvalue weighted by Gasteiger charge is 2.12. The number of ketones is 1. The first-order valence-electron chi connectivity index (χ1n) is 5.48. The molecule has 0 saturated heterocycles. The summed E-state index contributed by atoms with van der Waals surface area (Å²) in [7, 11) is 1.62. The fraction of sp³-hybridized carbons (Fsp3) is 0.214. The van der Waals surface area contributed by atoms with E-state index in [4.69, 9.17) is 16.3 Å². The highest BCUT2D eigenvalue weighted by Crippen LogP contribution is 2.38. The first-order chi connectivity index (χ1) is 8.52. The van der Waals surface area contributed by atoms with E-state index in [1.807, 2.05) is 25.1 Å². The van der Waals surface area contributed by atoms with Crippen LogP contribution in [0.1, 0.15) is 22.2 Å². The molecule has 0 saturated carbocycles. The number of thiophene rings is 1. The Balaban J connectivity index is 2.55. The first kappa shape index (κ1) is 13.1. The minimum absolute atomic E-state index is 0.0795. The molecule has 0 bridgehead atoms. The van der Waals surface area contributed by atoms with Crippen molar-refractivity contribution in [1.29, 1.82) is 0 Å². The van der Waals surface area contributed by atoms with Gasteiger partial charge in [-0.3, -0.25) is 4.79 Å². The number of Topliss-reactive ketones (excluding diaryl/α,β-unsaturated/α-hetero) is 1. The van der Waals surface area contributed by atoms with Crippen LogP contribution in [0, 0.1) is 6.92 Å². The van der Waals surface area contributed by atoms with Crippen molar-refractivity contribution in [3.63, 3.8) is 0 Å². The van der Waals surface area contributed by atoms with Crippen molar-refractivity contribution in [2.24, 2.45) is 0 Å². The average Bonchev–Trinajstić information content (AvgIpc) is 2.81. The first-order valence-corrected chi connectivity index (χ1v) is 6.67. The van der Waals surface area contributed by atoms with E-state index in [2.05, 4.69) is 0 Å². The van der Waals surface area contributed by atoms with Crippen molar-refractivity contribution >= 4 is 28.7 Å². The number of rotatable bonds is 3. The molecule has 18 heavy (non-hydrogen) atoms. The zero-order valence-corrected chi connectivity index (χ0v) is 12.0. The third-order valence-corrected chi connectivity index (χ3v) is 4.33. The molecule has 0 aliphatic rings. The van der Waals surface area contributed by atoms with Crippen LogP contribution in [0.5, 0.6) is 5.75 Å². The second-order valence-electron chi connectivity index (χ2n) is 4.02. The molecule has 0 N–H and O–H groups in total. The molecule has 2 aromatic rings. The van der Waals surface area contributed by atoms with Gasteiger partial charge >= 0.3 is 0 Å². The smallest absolute Gasteiger partial charge is 0.169 e. The van der Waals surface area contributed by atoms with E-state index in [1.165, 1.54) is 11.3 Å². The number of benzene rings is 1. The van der Waals surface area contributed by atoms with Gasteiger partial charge in [0.25, 0.3) is 0 Å². The lowest BCUT2D eigenvalue weighted by Crippen LogP contribution is -1.88.